The van der Waals surface area contributed by atoms with Crippen molar-refractivity contribution in [2.24, 2.45) is 5.11 Å². The average molecular weight is 438 g/mol. The Morgan fingerprint density at radius 3 is 2.43 bits per heavy atom. The summed E-state index contributed by atoms with van der Waals surface area (Å²) in [7, 11) is -1.85. The Labute approximate surface area is 179 Å². The van der Waals surface area contributed by atoms with Crippen LogP contribution in [0.2, 0.25) is 18.1 Å². The Bertz CT molecular complexity index is 706. The normalized spacial score (nSPS) is 27.5. The first-order chi connectivity index (χ1) is 14.1. The molecule has 5 atom stereocenters. The van der Waals surface area contributed by atoms with E-state index in [0.717, 1.165) is 5.56 Å². The van der Waals surface area contributed by atoms with Crippen molar-refractivity contribution < 1.29 is 24.1 Å². The Morgan fingerprint density at radius 1 is 1.17 bits per heavy atom. The van der Waals surface area contributed by atoms with E-state index in [2.05, 4.69) is 43.9 Å². The number of aliphatic hydroxyl groups excluding tert-OH is 2. The Morgan fingerprint density at radius 2 is 1.83 bits per heavy atom. The first kappa shape index (κ1) is 24.8. The van der Waals surface area contributed by atoms with Crippen LogP contribution in [0.5, 0.6) is 0 Å². The maximum atomic E-state index is 10.5. The zero-order valence-corrected chi connectivity index (χ0v) is 19.6. The van der Waals surface area contributed by atoms with Crippen molar-refractivity contribution in [3.05, 3.63) is 46.3 Å². The zero-order chi connectivity index (χ0) is 22.4. The molecule has 1 aromatic carbocycles. The molecule has 0 bridgehead atoms. The van der Waals surface area contributed by atoms with Gasteiger partial charge in [0.1, 0.15) is 6.10 Å². The molecule has 168 valence electrons. The second-order valence-electron chi connectivity index (χ2n) is 9.27. The second-order valence-corrected chi connectivity index (χ2v) is 14.1. The molecule has 0 aliphatic carbocycles. The predicted molar refractivity (Wildman–Crippen MR) is 117 cm³/mol. The minimum absolute atomic E-state index is 0.124. The van der Waals surface area contributed by atoms with Crippen LogP contribution in [0.1, 0.15) is 39.2 Å². The van der Waals surface area contributed by atoms with Crippen LogP contribution < -0.4 is 0 Å². The number of rotatable bonds is 9. The van der Waals surface area contributed by atoms with Gasteiger partial charge in [0.25, 0.3) is 0 Å². The number of nitrogens with zero attached hydrogens (tertiary/aromatic N) is 3. The van der Waals surface area contributed by atoms with Gasteiger partial charge in [-0.25, -0.2) is 0 Å². The topological polar surface area (TPSA) is 117 Å². The molecule has 0 unspecified atom stereocenters. The van der Waals surface area contributed by atoms with E-state index in [1.807, 2.05) is 30.3 Å². The summed E-state index contributed by atoms with van der Waals surface area (Å²) in [5, 5.41) is 24.7. The first-order valence-corrected chi connectivity index (χ1v) is 13.3. The van der Waals surface area contributed by atoms with Crippen molar-refractivity contribution in [1.82, 2.24) is 0 Å². The van der Waals surface area contributed by atoms with E-state index in [4.69, 9.17) is 19.4 Å². The Balaban J connectivity index is 1.97. The lowest BCUT2D eigenvalue weighted by Crippen LogP contribution is -2.57. The average Bonchev–Trinajstić information content (AvgIpc) is 2.69. The van der Waals surface area contributed by atoms with Crippen LogP contribution in [0.15, 0.2) is 35.4 Å². The van der Waals surface area contributed by atoms with E-state index in [0.29, 0.717) is 19.4 Å². The van der Waals surface area contributed by atoms with Gasteiger partial charge in [-0.3, -0.25) is 0 Å². The molecule has 1 aliphatic rings. The van der Waals surface area contributed by atoms with Crippen LogP contribution in [-0.2, 0) is 20.5 Å². The molecule has 0 spiro atoms. The van der Waals surface area contributed by atoms with Crippen LogP contribution in [0, 0.1) is 0 Å². The number of ether oxygens (including phenoxy) is 2. The fraction of sp³-hybridized carbons (Fsp3) is 0.714. The highest BCUT2D eigenvalue weighted by Crippen LogP contribution is 2.36. The molecule has 9 heteroatoms. The SMILES string of the molecule is CC(C)(C)[Si](C)(C)OCCC[C@@H]1O[C@@H](OCc2ccccc2)[C@H](O)[C@H](O)[C@H]1N=[N+]=[N-]. The number of benzene rings is 1. The van der Waals surface area contributed by atoms with Crippen LogP contribution in [-0.4, -0.2) is 55.8 Å². The minimum atomic E-state index is -1.85. The summed E-state index contributed by atoms with van der Waals surface area (Å²) in [5.74, 6) is 0. The summed E-state index contributed by atoms with van der Waals surface area (Å²) in [6.07, 6.45) is -2.93. The van der Waals surface area contributed by atoms with Crippen molar-refractivity contribution in [3.63, 3.8) is 0 Å². The molecule has 1 aromatic rings. The van der Waals surface area contributed by atoms with E-state index in [1.165, 1.54) is 0 Å². The monoisotopic (exact) mass is 437 g/mol. The van der Waals surface area contributed by atoms with Gasteiger partial charge in [-0.05, 0) is 42.1 Å². The van der Waals surface area contributed by atoms with Crippen molar-refractivity contribution in [2.45, 2.75) is 89.0 Å². The van der Waals surface area contributed by atoms with E-state index < -0.39 is 39.0 Å². The minimum Gasteiger partial charge on any atom is -0.417 e. The highest BCUT2D eigenvalue weighted by Gasteiger charge is 2.44. The van der Waals surface area contributed by atoms with Gasteiger partial charge in [-0.1, -0.05) is 56.2 Å². The van der Waals surface area contributed by atoms with Gasteiger partial charge in [0, 0.05) is 11.5 Å². The third kappa shape index (κ3) is 6.52. The standard InChI is InChI=1S/C21H35N3O5Si/c1-21(2,3)30(4,5)28-13-9-12-16-17(23-24-22)18(25)19(26)20(29-16)27-14-15-10-7-6-8-11-15/h6-8,10-11,16-20,25-26H,9,12-14H2,1-5H3/t16-,17-,18+,19+,20+/m0/s1. The van der Waals surface area contributed by atoms with Gasteiger partial charge in [0.05, 0.1) is 24.9 Å². The molecule has 0 amide bonds. The van der Waals surface area contributed by atoms with E-state index in [1.54, 1.807) is 0 Å². The molecule has 2 rings (SSSR count). The summed E-state index contributed by atoms with van der Waals surface area (Å²) in [5.41, 5.74) is 9.82. The van der Waals surface area contributed by atoms with Crippen molar-refractivity contribution in [2.75, 3.05) is 6.61 Å². The number of azide groups is 1. The maximum Gasteiger partial charge on any atom is 0.191 e. The van der Waals surface area contributed by atoms with Crippen LogP contribution in [0.3, 0.4) is 0 Å². The lowest BCUT2D eigenvalue weighted by atomic mass is 9.94. The summed E-state index contributed by atoms with van der Waals surface area (Å²) in [6, 6.07) is 8.64. The smallest absolute Gasteiger partial charge is 0.191 e. The number of aliphatic hydroxyl groups is 2. The fourth-order valence-corrected chi connectivity index (χ4v) is 4.16. The van der Waals surface area contributed by atoms with Gasteiger partial charge in [0.2, 0.25) is 0 Å². The number of hydrogen-bond donors (Lipinski definition) is 2. The third-order valence-corrected chi connectivity index (χ3v) is 10.6. The fourth-order valence-electron chi connectivity index (χ4n) is 3.08. The lowest BCUT2D eigenvalue weighted by Gasteiger charge is -2.41. The molecular weight excluding hydrogens is 402 g/mol. The van der Waals surface area contributed by atoms with E-state index in [9.17, 15) is 10.2 Å². The van der Waals surface area contributed by atoms with Crippen LogP contribution >= 0.6 is 0 Å². The molecule has 0 saturated carbocycles. The predicted octanol–water partition coefficient (Wildman–Crippen LogP) is 4.13. The lowest BCUT2D eigenvalue weighted by molar-refractivity contribution is -0.277. The maximum absolute atomic E-state index is 10.5. The van der Waals surface area contributed by atoms with Gasteiger partial charge < -0.3 is 24.1 Å². The molecule has 0 aromatic heterocycles. The summed E-state index contributed by atoms with van der Waals surface area (Å²) < 4.78 is 17.8. The molecule has 1 fully saturated rings. The molecule has 2 N–H and O–H groups in total. The Kier molecular flexibility index (Phi) is 8.87. The second kappa shape index (κ2) is 10.7. The van der Waals surface area contributed by atoms with Crippen LogP contribution in [0.25, 0.3) is 10.4 Å². The van der Waals surface area contributed by atoms with Crippen molar-refractivity contribution >= 4 is 8.32 Å². The molecule has 30 heavy (non-hydrogen) atoms. The largest absolute Gasteiger partial charge is 0.417 e. The van der Waals surface area contributed by atoms with Gasteiger partial charge >= 0.3 is 0 Å². The highest BCUT2D eigenvalue weighted by molar-refractivity contribution is 6.74. The van der Waals surface area contributed by atoms with Crippen LogP contribution in [0.4, 0.5) is 0 Å². The van der Waals surface area contributed by atoms with Gasteiger partial charge in [-0.15, -0.1) is 0 Å². The van der Waals surface area contributed by atoms with Gasteiger partial charge in [0.15, 0.2) is 14.6 Å². The molecule has 1 saturated heterocycles. The summed E-state index contributed by atoms with van der Waals surface area (Å²) >= 11 is 0. The number of hydrogen-bond acceptors (Lipinski definition) is 6. The molecule has 8 nitrogen and oxygen atoms in total. The molecule has 1 heterocycles. The summed E-state index contributed by atoms with van der Waals surface area (Å²) in [6.45, 7) is 11.8. The van der Waals surface area contributed by atoms with Crippen molar-refractivity contribution in [3.8, 4) is 0 Å². The molecule has 0 radical (unpaired) electrons. The van der Waals surface area contributed by atoms with E-state index >= 15 is 0 Å². The summed E-state index contributed by atoms with van der Waals surface area (Å²) in [4.78, 5) is 2.82. The van der Waals surface area contributed by atoms with Gasteiger partial charge in [-0.2, -0.15) is 0 Å². The first-order valence-electron chi connectivity index (χ1n) is 10.4. The van der Waals surface area contributed by atoms with E-state index in [-0.39, 0.29) is 11.6 Å². The Hall–Kier alpha value is -1.45. The quantitative estimate of drug-likeness (QED) is 0.198. The third-order valence-electron chi connectivity index (χ3n) is 6.01. The van der Waals surface area contributed by atoms with Crippen molar-refractivity contribution in [1.29, 1.82) is 0 Å². The highest BCUT2D eigenvalue weighted by atomic mass is 28.4. The molecule has 1 aliphatic heterocycles. The molecular formula is C21H35N3O5Si. The zero-order valence-electron chi connectivity index (χ0n) is 18.6.